The van der Waals surface area contributed by atoms with Crippen molar-refractivity contribution in [3.8, 4) is 0 Å². The first-order chi connectivity index (χ1) is 22.5. The molecule has 3 amide bonds. The highest BCUT2D eigenvalue weighted by molar-refractivity contribution is 6.07. The van der Waals surface area contributed by atoms with E-state index >= 15 is 0 Å². The van der Waals surface area contributed by atoms with Crippen molar-refractivity contribution in [2.75, 3.05) is 22.6 Å². The van der Waals surface area contributed by atoms with Crippen LogP contribution in [-0.4, -0.2) is 55.0 Å². The summed E-state index contributed by atoms with van der Waals surface area (Å²) in [5.41, 5.74) is -4.04. The minimum atomic E-state index is -0.949. The summed E-state index contributed by atoms with van der Waals surface area (Å²) in [6.45, 7) is 15.7. The van der Waals surface area contributed by atoms with Gasteiger partial charge in [0.1, 0.15) is 33.8 Å². The Morgan fingerprint density at radius 2 is 0.900 bits per heavy atom. The highest BCUT2D eigenvalue weighted by Crippen LogP contribution is 2.14. The molecule has 0 bridgehead atoms. The van der Waals surface area contributed by atoms with Gasteiger partial charge in [0.2, 0.25) is 22.2 Å². The van der Waals surface area contributed by atoms with Crippen molar-refractivity contribution in [1.29, 1.82) is 0 Å². The summed E-state index contributed by atoms with van der Waals surface area (Å²) in [6, 6.07) is 0. The molecule has 0 spiro atoms. The third-order valence-electron chi connectivity index (χ3n) is 6.76. The van der Waals surface area contributed by atoms with Gasteiger partial charge in [-0.15, -0.1) is 0 Å². The number of carbonyl (C=O) groups excluding carboxylic acids is 4. The van der Waals surface area contributed by atoms with Crippen LogP contribution in [-0.2, 0) is 29.2 Å². The van der Waals surface area contributed by atoms with Crippen LogP contribution in [0.15, 0.2) is 51.6 Å². The maximum absolute atomic E-state index is 13.7. The summed E-state index contributed by atoms with van der Waals surface area (Å²) in [6.07, 6.45) is 8.18. The van der Waals surface area contributed by atoms with E-state index in [1.165, 1.54) is 44.1 Å². The number of ether oxygens (including phenoxy) is 1. The Morgan fingerprint density at radius 1 is 0.580 bits per heavy atom. The SMILES string of the molecule is CCOC(=O)c1cn(CC(C)C)cc(NC(=O)c2cn(CC(C)C)cc(NC(=O)c3cn(CC(C)C)cc(NC(C)=O)c3=O)c2=O)c1=O.O.O. The number of pyridine rings is 3. The number of hydrogen-bond donors (Lipinski definition) is 3. The predicted molar refractivity (Wildman–Crippen MR) is 190 cm³/mol. The van der Waals surface area contributed by atoms with Gasteiger partial charge in [0.15, 0.2) is 0 Å². The normalized spacial score (nSPS) is 10.7. The molecule has 0 aliphatic carbocycles. The van der Waals surface area contributed by atoms with Crippen LogP contribution in [0.2, 0.25) is 0 Å². The first kappa shape index (κ1) is 42.7. The van der Waals surface area contributed by atoms with Gasteiger partial charge in [0, 0.05) is 63.7 Å². The zero-order valence-corrected chi connectivity index (χ0v) is 29.6. The van der Waals surface area contributed by atoms with E-state index in [1.54, 1.807) is 20.6 Å². The molecule has 3 heterocycles. The van der Waals surface area contributed by atoms with Crippen LogP contribution in [0.4, 0.5) is 17.1 Å². The van der Waals surface area contributed by atoms with Crippen LogP contribution in [0, 0.1) is 17.8 Å². The van der Waals surface area contributed by atoms with Gasteiger partial charge in [-0.2, -0.15) is 0 Å². The molecule has 7 N–H and O–H groups in total. The lowest BCUT2D eigenvalue weighted by molar-refractivity contribution is -0.114. The molecular weight excluding hydrogens is 652 g/mol. The molecule has 0 radical (unpaired) electrons. The zero-order valence-electron chi connectivity index (χ0n) is 29.6. The number of rotatable bonds is 13. The molecule has 16 heteroatoms. The van der Waals surface area contributed by atoms with Crippen LogP contribution < -0.4 is 32.2 Å². The maximum atomic E-state index is 13.7. The summed E-state index contributed by atoms with van der Waals surface area (Å²) in [7, 11) is 0. The first-order valence-corrected chi connectivity index (χ1v) is 15.8. The minimum absolute atomic E-state index is 0. The first-order valence-electron chi connectivity index (χ1n) is 15.8. The monoisotopic (exact) mass is 700 g/mol. The second kappa shape index (κ2) is 18.4. The quantitative estimate of drug-likeness (QED) is 0.223. The van der Waals surface area contributed by atoms with Crippen molar-refractivity contribution in [2.45, 2.75) is 75.0 Å². The van der Waals surface area contributed by atoms with Crippen LogP contribution in [0.3, 0.4) is 0 Å². The Balaban J connectivity index is 0.00000625. The fraction of sp³-hybridized carbons (Fsp3) is 0.441. The van der Waals surface area contributed by atoms with Crippen LogP contribution >= 0.6 is 0 Å². The summed E-state index contributed by atoms with van der Waals surface area (Å²) >= 11 is 0. The number of carbonyl (C=O) groups is 4. The molecule has 0 fully saturated rings. The zero-order chi connectivity index (χ0) is 35.9. The lowest BCUT2D eigenvalue weighted by atomic mass is 10.1. The second-order valence-electron chi connectivity index (χ2n) is 12.8. The molecule has 3 aromatic rings. The highest BCUT2D eigenvalue weighted by atomic mass is 16.5. The third kappa shape index (κ3) is 11.1. The van der Waals surface area contributed by atoms with E-state index in [-0.39, 0.29) is 63.5 Å². The number of amides is 3. The highest BCUT2D eigenvalue weighted by Gasteiger charge is 2.23. The maximum Gasteiger partial charge on any atom is 0.343 e. The van der Waals surface area contributed by atoms with E-state index in [9.17, 15) is 33.6 Å². The van der Waals surface area contributed by atoms with Crippen molar-refractivity contribution in [3.05, 3.63) is 84.5 Å². The van der Waals surface area contributed by atoms with Crippen molar-refractivity contribution >= 4 is 40.8 Å². The average molecular weight is 701 g/mol. The number of anilines is 3. The fourth-order valence-corrected chi connectivity index (χ4v) is 4.99. The topological polar surface area (TPSA) is 243 Å². The van der Waals surface area contributed by atoms with Gasteiger partial charge in [-0.25, -0.2) is 4.79 Å². The van der Waals surface area contributed by atoms with Crippen molar-refractivity contribution in [3.63, 3.8) is 0 Å². The molecule has 3 rings (SSSR count). The Morgan fingerprint density at radius 3 is 1.22 bits per heavy atom. The minimum Gasteiger partial charge on any atom is -0.462 e. The lowest BCUT2D eigenvalue weighted by Crippen LogP contribution is -2.32. The van der Waals surface area contributed by atoms with E-state index in [0.29, 0.717) is 19.6 Å². The molecule has 0 unspecified atom stereocenters. The molecule has 0 saturated carbocycles. The number of esters is 1. The summed E-state index contributed by atoms with van der Waals surface area (Å²) in [5.74, 6) is -2.89. The largest absolute Gasteiger partial charge is 0.462 e. The van der Waals surface area contributed by atoms with Gasteiger partial charge in [0.05, 0.1) is 6.61 Å². The molecule has 3 aromatic heterocycles. The molecule has 0 aliphatic rings. The van der Waals surface area contributed by atoms with Crippen LogP contribution in [0.5, 0.6) is 0 Å². The van der Waals surface area contributed by atoms with Gasteiger partial charge in [-0.3, -0.25) is 28.8 Å². The van der Waals surface area contributed by atoms with Gasteiger partial charge in [-0.05, 0) is 24.7 Å². The lowest BCUT2D eigenvalue weighted by Gasteiger charge is -2.17. The average Bonchev–Trinajstić information content (AvgIpc) is 2.96. The molecule has 0 aliphatic heterocycles. The molecule has 0 aromatic carbocycles. The molecule has 0 atom stereocenters. The number of nitrogens with zero attached hydrogens (tertiary/aromatic N) is 3. The van der Waals surface area contributed by atoms with E-state index < -0.39 is 45.5 Å². The molecule has 50 heavy (non-hydrogen) atoms. The Bertz CT molecular complexity index is 1890. The number of hydrogen-bond acceptors (Lipinski definition) is 8. The Kier molecular flexibility index (Phi) is 15.7. The smallest absolute Gasteiger partial charge is 0.343 e. The van der Waals surface area contributed by atoms with E-state index in [2.05, 4.69) is 16.0 Å². The van der Waals surface area contributed by atoms with Crippen LogP contribution in [0.25, 0.3) is 0 Å². The second-order valence-corrected chi connectivity index (χ2v) is 12.8. The Labute approximate surface area is 289 Å². The molecular formula is C34H48N6O10. The standard InChI is InChI=1S/C34H44N6O8.2H2O/c1-9-48-34(47)25-15-40(12-21(6)7)18-28(31(25)44)37-33(46)24-14-39(11-20(4)5)17-27(30(24)43)36-32(45)23-13-38(10-19(2)3)16-26(29(23)42)35-22(8)41;;/h13-21H,9-12H2,1-8H3,(H,35,41)(H,36,45)(H,37,46);2*1H2. The fourth-order valence-electron chi connectivity index (χ4n) is 4.99. The van der Waals surface area contributed by atoms with Gasteiger partial charge >= 0.3 is 5.97 Å². The van der Waals surface area contributed by atoms with E-state index in [4.69, 9.17) is 4.74 Å². The van der Waals surface area contributed by atoms with Gasteiger partial charge in [0.25, 0.3) is 11.8 Å². The number of aromatic nitrogens is 3. The van der Waals surface area contributed by atoms with Crippen molar-refractivity contribution in [1.82, 2.24) is 13.7 Å². The summed E-state index contributed by atoms with van der Waals surface area (Å²) in [4.78, 5) is 91.6. The molecule has 16 nitrogen and oxygen atoms in total. The van der Waals surface area contributed by atoms with Crippen molar-refractivity contribution < 1.29 is 34.9 Å². The molecule has 0 saturated heterocycles. The van der Waals surface area contributed by atoms with Crippen LogP contribution in [0.1, 0.15) is 86.5 Å². The third-order valence-corrected chi connectivity index (χ3v) is 6.76. The summed E-state index contributed by atoms with van der Waals surface area (Å²) < 4.78 is 9.77. The molecule has 274 valence electrons. The summed E-state index contributed by atoms with van der Waals surface area (Å²) in [5, 5.41) is 7.39. The predicted octanol–water partition coefficient (Wildman–Crippen LogP) is 2.13. The van der Waals surface area contributed by atoms with Crippen molar-refractivity contribution in [2.24, 2.45) is 17.8 Å². The Hall–Kier alpha value is -5.35. The number of nitrogens with one attached hydrogen (secondary N) is 3. The van der Waals surface area contributed by atoms with Gasteiger partial charge < -0.3 is 45.3 Å². The van der Waals surface area contributed by atoms with E-state index in [0.717, 1.165) is 0 Å². The van der Waals surface area contributed by atoms with Gasteiger partial charge in [-0.1, -0.05) is 41.5 Å². The van der Waals surface area contributed by atoms with E-state index in [1.807, 2.05) is 41.5 Å².